The Morgan fingerprint density at radius 1 is 0.923 bits per heavy atom. The highest BCUT2D eigenvalue weighted by atomic mass is 32.1. The molecule has 1 atom stereocenters. The first-order valence-corrected chi connectivity index (χ1v) is 9.07. The maximum absolute atomic E-state index is 5.56. The molecule has 0 spiro atoms. The quantitative estimate of drug-likeness (QED) is 0.635. The van der Waals surface area contributed by atoms with Gasteiger partial charge < -0.3 is 10.6 Å². The molecule has 0 aliphatic rings. The first kappa shape index (κ1) is 18.1. The van der Waals surface area contributed by atoms with Crippen molar-refractivity contribution in [3.8, 4) is 0 Å². The van der Waals surface area contributed by atoms with E-state index in [-0.39, 0.29) is 6.04 Å². The van der Waals surface area contributed by atoms with Crippen molar-refractivity contribution in [2.24, 2.45) is 0 Å². The van der Waals surface area contributed by atoms with Gasteiger partial charge in [-0.05, 0) is 61.8 Å². The van der Waals surface area contributed by atoms with Crippen molar-refractivity contribution in [3.05, 3.63) is 94.7 Å². The first-order chi connectivity index (χ1) is 12.5. The summed E-state index contributed by atoms with van der Waals surface area (Å²) < 4.78 is 0. The van der Waals surface area contributed by atoms with Gasteiger partial charge in [-0.1, -0.05) is 60.2 Å². The zero-order chi connectivity index (χ0) is 18.5. The molecule has 26 heavy (non-hydrogen) atoms. The molecule has 1 aromatic heterocycles. The van der Waals surface area contributed by atoms with Crippen molar-refractivity contribution in [2.75, 3.05) is 5.32 Å². The lowest BCUT2D eigenvalue weighted by Crippen LogP contribution is -2.33. The van der Waals surface area contributed by atoms with Crippen LogP contribution in [0.15, 0.2) is 66.7 Å². The SMILES string of the molecule is Cc1ccc([C@H](NC(=S)Nc2cccc(C)n2)c2ccccc2)c(C)c1. The van der Waals surface area contributed by atoms with E-state index in [9.17, 15) is 0 Å². The highest BCUT2D eigenvalue weighted by Gasteiger charge is 2.17. The minimum Gasteiger partial charge on any atom is -0.351 e. The Labute approximate surface area is 160 Å². The number of hydrogen-bond donors (Lipinski definition) is 2. The van der Waals surface area contributed by atoms with Crippen molar-refractivity contribution in [1.29, 1.82) is 0 Å². The van der Waals surface area contributed by atoms with Crippen molar-refractivity contribution in [1.82, 2.24) is 10.3 Å². The highest BCUT2D eigenvalue weighted by molar-refractivity contribution is 7.80. The second kappa shape index (κ2) is 8.11. The number of aryl methyl sites for hydroxylation is 3. The van der Waals surface area contributed by atoms with E-state index >= 15 is 0 Å². The van der Waals surface area contributed by atoms with E-state index < -0.39 is 0 Å². The number of anilines is 1. The van der Waals surface area contributed by atoms with Gasteiger partial charge in [0.05, 0.1) is 6.04 Å². The third-order valence-corrected chi connectivity index (χ3v) is 4.49. The van der Waals surface area contributed by atoms with Crippen LogP contribution in [0.1, 0.15) is 34.0 Å². The van der Waals surface area contributed by atoms with E-state index in [2.05, 4.69) is 59.8 Å². The number of thiocarbonyl (C=S) groups is 1. The van der Waals surface area contributed by atoms with Gasteiger partial charge in [-0.15, -0.1) is 0 Å². The van der Waals surface area contributed by atoms with Crippen LogP contribution in [0.2, 0.25) is 0 Å². The average molecular weight is 362 g/mol. The molecule has 3 rings (SSSR count). The molecule has 0 aliphatic carbocycles. The lowest BCUT2D eigenvalue weighted by molar-refractivity contribution is 0.761. The lowest BCUT2D eigenvalue weighted by Gasteiger charge is -2.23. The summed E-state index contributed by atoms with van der Waals surface area (Å²) in [5.74, 6) is 0.745. The molecule has 0 amide bonds. The normalized spacial score (nSPS) is 11.7. The van der Waals surface area contributed by atoms with Gasteiger partial charge in [-0.2, -0.15) is 0 Å². The fraction of sp³-hybridized carbons (Fsp3) is 0.182. The Bertz CT molecular complexity index is 906. The summed E-state index contributed by atoms with van der Waals surface area (Å²) in [6.45, 7) is 6.21. The van der Waals surface area contributed by atoms with Gasteiger partial charge >= 0.3 is 0 Å². The van der Waals surface area contributed by atoms with Gasteiger partial charge in [0.15, 0.2) is 5.11 Å². The summed E-state index contributed by atoms with van der Waals surface area (Å²) in [4.78, 5) is 4.46. The monoisotopic (exact) mass is 361 g/mol. The Hall–Kier alpha value is -2.72. The molecule has 3 nitrogen and oxygen atoms in total. The second-order valence-electron chi connectivity index (χ2n) is 6.47. The molecular formula is C22H23N3S. The fourth-order valence-electron chi connectivity index (χ4n) is 3.03. The van der Waals surface area contributed by atoms with Gasteiger partial charge in [0.1, 0.15) is 5.82 Å². The van der Waals surface area contributed by atoms with Gasteiger partial charge in [-0.25, -0.2) is 4.98 Å². The number of nitrogens with one attached hydrogen (secondary N) is 2. The number of hydrogen-bond acceptors (Lipinski definition) is 2. The highest BCUT2D eigenvalue weighted by Crippen LogP contribution is 2.26. The summed E-state index contributed by atoms with van der Waals surface area (Å²) in [5, 5.41) is 7.20. The number of nitrogens with zero attached hydrogens (tertiary/aromatic N) is 1. The van der Waals surface area contributed by atoms with E-state index in [1.54, 1.807) is 0 Å². The summed E-state index contributed by atoms with van der Waals surface area (Å²) in [6.07, 6.45) is 0. The van der Waals surface area contributed by atoms with Crippen molar-refractivity contribution >= 4 is 23.1 Å². The van der Waals surface area contributed by atoms with Crippen LogP contribution in [0, 0.1) is 20.8 Å². The van der Waals surface area contributed by atoms with Crippen molar-refractivity contribution in [2.45, 2.75) is 26.8 Å². The topological polar surface area (TPSA) is 37.0 Å². The molecule has 0 saturated carbocycles. The number of benzene rings is 2. The summed E-state index contributed by atoms with van der Waals surface area (Å²) in [6, 6.07) is 22.7. The Balaban J connectivity index is 1.87. The number of aromatic nitrogens is 1. The average Bonchev–Trinajstić information content (AvgIpc) is 2.61. The van der Waals surface area contributed by atoms with E-state index in [1.165, 1.54) is 22.3 Å². The largest absolute Gasteiger partial charge is 0.351 e. The molecule has 0 radical (unpaired) electrons. The third-order valence-electron chi connectivity index (χ3n) is 4.27. The van der Waals surface area contributed by atoms with Crippen LogP contribution in [0.3, 0.4) is 0 Å². The van der Waals surface area contributed by atoms with Crippen LogP contribution in [0.5, 0.6) is 0 Å². The number of pyridine rings is 1. The van der Waals surface area contributed by atoms with E-state index in [0.29, 0.717) is 5.11 Å². The second-order valence-corrected chi connectivity index (χ2v) is 6.87. The Kier molecular flexibility index (Phi) is 5.64. The molecular weight excluding hydrogens is 338 g/mol. The van der Waals surface area contributed by atoms with Gasteiger partial charge in [0.2, 0.25) is 0 Å². The first-order valence-electron chi connectivity index (χ1n) is 8.66. The minimum absolute atomic E-state index is 0.0263. The van der Waals surface area contributed by atoms with Crippen LogP contribution in [0.4, 0.5) is 5.82 Å². The van der Waals surface area contributed by atoms with Crippen LogP contribution in [0.25, 0.3) is 0 Å². The molecule has 2 N–H and O–H groups in total. The molecule has 0 unspecified atom stereocenters. The Morgan fingerprint density at radius 3 is 2.38 bits per heavy atom. The third kappa shape index (κ3) is 4.46. The maximum Gasteiger partial charge on any atom is 0.172 e. The van der Waals surface area contributed by atoms with Crippen molar-refractivity contribution in [3.63, 3.8) is 0 Å². The van der Waals surface area contributed by atoms with Gasteiger partial charge in [-0.3, -0.25) is 0 Å². The fourth-order valence-corrected chi connectivity index (χ4v) is 3.25. The zero-order valence-electron chi connectivity index (χ0n) is 15.3. The molecule has 0 fully saturated rings. The molecule has 1 heterocycles. The molecule has 0 bridgehead atoms. The molecule has 2 aromatic carbocycles. The van der Waals surface area contributed by atoms with Gasteiger partial charge in [0, 0.05) is 5.69 Å². The van der Waals surface area contributed by atoms with Crippen LogP contribution in [-0.2, 0) is 0 Å². The maximum atomic E-state index is 5.56. The van der Waals surface area contributed by atoms with E-state index in [0.717, 1.165) is 11.5 Å². The molecule has 0 aliphatic heterocycles. The van der Waals surface area contributed by atoms with Gasteiger partial charge in [0.25, 0.3) is 0 Å². The standard InChI is InChI=1S/C22H23N3S/c1-15-12-13-19(16(2)14-15)21(18-9-5-4-6-10-18)25-22(26)24-20-11-7-8-17(3)23-20/h4-14,21H,1-3H3,(H2,23,24,25,26)/t21-/m1/s1. The summed E-state index contributed by atoms with van der Waals surface area (Å²) in [7, 11) is 0. The predicted octanol–water partition coefficient (Wildman–Crippen LogP) is 5.08. The summed E-state index contributed by atoms with van der Waals surface area (Å²) in [5.41, 5.74) is 5.82. The lowest BCUT2D eigenvalue weighted by atomic mass is 9.94. The zero-order valence-corrected chi connectivity index (χ0v) is 16.1. The molecule has 3 aromatic rings. The molecule has 0 saturated heterocycles. The minimum atomic E-state index is -0.0263. The molecule has 4 heteroatoms. The number of rotatable bonds is 4. The smallest absolute Gasteiger partial charge is 0.172 e. The van der Waals surface area contributed by atoms with Crippen LogP contribution in [-0.4, -0.2) is 10.1 Å². The van der Waals surface area contributed by atoms with Crippen LogP contribution >= 0.6 is 12.2 Å². The van der Waals surface area contributed by atoms with E-state index in [1.807, 2.05) is 43.3 Å². The van der Waals surface area contributed by atoms with Crippen molar-refractivity contribution < 1.29 is 0 Å². The van der Waals surface area contributed by atoms with E-state index in [4.69, 9.17) is 12.2 Å². The van der Waals surface area contributed by atoms with Crippen LogP contribution < -0.4 is 10.6 Å². The summed E-state index contributed by atoms with van der Waals surface area (Å²) >= 11 is 5.56. The molecule has 132 valence electrons. The Morgan fingerprint density at radius 2 is 1.69 bits per heavy atom. The predicted molar refractivity (Wildman–Crippen MR) is 113 cm³/mol.